The first-order valence-corrected chi connectivity index (χ1v) is 4.79. The van der Waals surface area contributed by atoms with Crippen LogP contribution in [0.25, 0.3) is 0 Å². The number of halogens is 1. The zero-order valence-corrected chi connectivity index (χ0v) is 8.66. The molecule has 1 amide bonds. The highest BCUT2D eigenvalue weighted by Gasteiger charge is 2.14. The van der Waals surface area contributed by atoms with Gasteiger partial charge in [-0.1, -0.05) is 12.1 Å². The van der Waals surface area contributed by atoms with Crippen LogP contribution in [-0.4, -0.2) is 12.5 Å². The summed E-state index contributed by atoms with van der Waals surface area (Å²) in [4.78, 5) is 11.0. The van der Waals surface area contributed by atoms with Crippen LogP contribution < -0.4 is 11.5 Å². The standard InChI is InChI=1S/C11H15FN2O/c1-7-4-8(2-3-10(7)12)5-9(6-13)11(14)15/h2-4,9H,5-6,13H2,1H3,(H2,14,15). The normalized spacial score (nSPS) is 12.5. The van der Waals surface area contributed by atoms with Gasteiger partial charge in [0.1, 0.15) is 5.82 Å². The lowest BCUT2D eigenvalue weighted by Gasteiger charge is -2.11. The number of rotatable bonds is 4. The molecule has 0 aliphatic rings. The second kappa shape index (κ2) is 4.89. The smallest absolute Gasteiger partial charge is 0.222 e. The summed E-state index contributed by atoms with van der Waals surface area (Å²) in [7, 11) is 0. The van der Waals surface area contributed by atoms with Crippen LogP contribution in [0.2, 0.25) is 0 Å². The topological polar surface area (TPSA) is 69.1 Å². The van der Waals surface area contributed by atoms with Crippen LogP contribution in [-0.2, 0) is 11.2 Å². The molecule has 0 aromatic heterocycles. The van der Waals surface area contributed by atoms with Crippen molar-refractivity contribution < 1.29 is 9.18 Å². The van der Waals surface area contributed by atoms with Crippen LogP contribution in [0.5, 0.6) is 0 Å². The van der Waals surface area contributed by atoms with Crippen molar-refractivity contribution in [3.63, 3.8) is 0 Å². The Bertz CT molecular complexity index is 366. The molecule has 0 spiro atoms. The van der Waals surface area contributed by atoms with Gasteiger partial charge in [-0.2, -0.15) is 0 Å². The molecule has 1 unspecified atom stereocenters. The zero-order chi connectivity index (χ0) is 11.4. The van der Waals surface area contributed by atoms with Gasteiger partial charge in [0, 0.05) is 6.54 Å². The maximum atomic E-state index is 13.0. The van der Waals surface area contributed by atoms with Crippen LogP contribution in [0.15, 0.2) is 18.2 Å². The Kier molecular flexibility index (Phi) is 3.80. The van der Waals surface area contributed by atoms with E-state index in [9.17, 15) is 9.18 Å². The Labute approximate surface area is 88.3 Å². The number of carbonyl (C=O) groups excluding carboxylic acids is 1. The molecular formula is C11H15FN2O. The molecule has 0 bridgehead atoms. The molecule has 1 rings (SSSR count). The molecule has 4 heteroatoms. The van der Waals surface area contributed by atoms with Gasteiger partial charge in [0.05, 0.1) is 5.92 Å². The van der Waals surface area contributed by atoms with Crippen molar-refractivity contribution in [2.75, 3.05) is 6.54 Å². The van der Waals surface area contributed by atoms with Gasteiger partial charge < -0.3 is 11.5 Å². The summed E-state index contributed by atoms with van der Waals surface area (Å²) in [5.41, 5.74) is 12.0. The fraction of sp³-hybridized carbons (Fsp3) is 0.364. The first-order chi connectivity index (χ1) is 7.04. The Hall–Kier alpha value is -1.42. The molecule has 1 atom stereocenters. The van der Waals surface area contributed by atoms with Gasteiger partial charge in [-0.05, 0) is 30.5 Å². The molecule has 0 fully saturated rings. The van der Waals surface area contributed by atoms with Gasteiger partial charge in [0.2, 0.25) is 5.91 Å². The molecule has 0 heterocycles. The van der Waals surface area contributed by atoms with Gasteiger partial charge in [-0.25, -0.2) is 4.39 Å². The minimum Gasteiger partial charge on any atom is -0.369 e. The van der Waals surface area contributed by atoms with Crippen molar-refractivity contribution >= 4 is 5.91 Å². The third kappa shape index (κ3) is 3.02. The van der Waals surface area contributed by atoms with E-state index < -0.39 is 5.91 Å². The predicted molar refractivity (Wildman–Crippen MR) is 56.6 cm³/mol. The van der Waals surface area contributed by atoms with Crippen molar-refractivity contribution in [2.45, 2.75) is 13.3 Å². The number of amides is 1. The summed E-state index contributed by atoms with van der Waals surface area (Å²) in [5.74, 6) is -1.04. The number of aryl methyl sites for hydroxylation is 1. The fourth-order valence-electron chi connectivity index (χ4n) is 1.42. The second-order valence-electron chi connectivity index (χ2n) is 3.62. The summed E-state index contributed by atoms with van der Waals surface area (Å²) in [6.07, 6.45) is 0.465. The van der Waals surface area contributed by atoms with Crippen molar-refractivity contribution in [1.82, 2.24) is 0 Å². The Morgan fingerprint density at radius 1 is 1.53 bits per heavy atom. The highest BCUT2D eigenvalue weighted by molar-refractivity contribution is 5.77. The number of primary amides is 1. The average molecular weight is 210 g/mol. The summed E-state index contributed by atoms with van der Waals surface area (Å²) in [6, 6.07) is 4.74. The quantitative estimate of drug-likeness (QED) is 0.769. The Morgan fingerprint density at radius 2 is 2.20 bits per heavy atom. The van der Waals surface area contributed by atoms with Crippen LogP contribution in [0, 0.1) is 18.7 Å². The van der Waals surface area contributed by atoms with E-state index in [1.54, 1.807) is 19.1 Å². The largest absolute Gasteiger partial charge is 0.369 e. The third-order valence-corrected chi connectivity index (χ3v) is 2.39. The molecule has 82 valence electrons. The molecule has 1 aromatic rings. The lowest BCUT2D eigenvalue weighted by atomic mass is 9.97. The molecule has 15 heavy (non-hydrogen) atoms. The summed E-state index contributed by atoms with van der Waals surface area (Å²) in [5, 5.41) is 0. The average Bonchev–Trinajstić information content (AvgIpc) is 2.19. The highest BCUT2D eigenvalue weighted by atomic mass is 19.1. The maximum absolute atomic E-state index is 13.0. The number of nitrogens with two attached hydrogens (primary N) is 2. The summed E-state index contributed by atoms with van der Waals surface area (Å²) >= 11 is 0. The van der Waals surface area contributed by atoms with E-state index in [0.717, 1.165) is 5.56 Å². The predicted octanol–water partition coefficient (Wildman–Crippen LogP) is 0.737. The molecule has 3 nitrogen and oxygen atoms in total. The lowest BCUT2D eigenvalue weighted by molar-refractivity contribution is -0.121. The van der Waals surface area contributed by atoms with Crippen molar-refractivity contribution in [3.8, 4) is 0 Å². The molecule has 0 aliphatic heterocycles. The van der Waals surface area contributed by atoms with Crippen molar-refractivity contribution in [3.05, 3.63) is 35.1 Å². The number of hydrogen-bond donors (Lipinski definition) is 2. The third-order valence-electron chi connectivity index (χ3n) is 2.39. The van der Waals surface area contributed by atoms with Crippen LogP contribution in [0.3, 0.4) is 0 Å². The first-order valence-electron chi connectivity index (χ1n) is 4.79. The SMILES string of the molecule is Cc1cc(CC(CN)C(N)=O)ccc1F. The van der Waals surface area contributed by atoms with E-state index in [1.807, 2.05) is 0 Å². The Morgan fingerprint density at radius 3 is 2.67 bits per heavy atom. The molecule has 0 aliphatic carbocycles. The van der Waals surface area contributed by atoms with E-state index in [0.29, 0.717) is 12.0 Å². The van der Waals surface area contributed by atoms with Gasteiger partial charge in [-0.15, -0.1) is 0 Å². The molecule has 0 saturated carbocycles. The molecule has 4 N–H and O–H groups in total. The summed E-state index contributed by atoms with van der Waals surface area (Å²) in [6.45, 7) is 1.90. The molecule has 0 radical (unpaired) electrons. The zero-order valence-electron chi connectivity index (χ0n) is 8.66. The molecular weight excluding hydrogens is 195 g/mol. The van der Waals surface area contributed by atoms with Crippen molar-refractivity contribution in [2.24, 2.45) is 17.4 Å². The van der Waals surface area contributed by atoms with E-state index in [4.69, 9.17) is 11.5 Å². The number of carbonyl (C=O) groups is 1. The second-order valence-corrected chi connectivity index (χ2v) is 3.62. The minimum absolute atomic E-state index is 0.214. The maximum Gasteiger partial charge on any atom is 0.222 e. The highest BCUT2D eigenvalue weighted by Crippen LogP contribution is 2.13. The van der Waals surface area contributed by atoms with Crippen LogP contribution in [0.1, 0.15) is 11.1 Å². The van der Waals surface area contributed by atoms with Crippen LogP contribution >= 0.6 is 0 Å². The van der Waals surface area contributed by atoms with E-state index in [1.165, 1.54) is 6.07 Å². The van der Waals surface area contributed by atoms with Gasteiger partial charge in [-0.3, -0.25) is 4.79 Å². The monoisotopic (exact) mass is 210 g/mol. The van der Waals surface area contributed by atoms with E-state index in [2.05, 4.69) is 0 Å². The molecule has 0 saturated heterocycles. The van der Waals surface area contributed by atoms with E-state index >= 15 is 0 Å². The van der Waals surface area contributed by atoms with Gasteiger partial charge in [0.15, 0.2) is 0 Å². The number of benzene rings is 1. The number of hydrogen-bond acceptors (Lipinski definition) is 2. The lowest BCUT2D eigenvalue weighted by Crippen LogP contribution is -2.31. The van der Waals surface area contributed by atoms with Crippen molar-refractivity contribution in [1.29, 1.82) is 0 Å². The van der Waals surface area contributed by atoms with Gasteiger partial charge in [0.25, 0.3) is 0 Å². The van der Waals surface area contributed by atoms with Crippen LogP contribution in [0.4, 0.5) is 4.39 Å². The first kappa shape index (κ1) is 11.7. The molecule has 1 aromatic carbocycles. The van der Waals surface area contributed by atoms with E-state index in [-0.39, 0.29) is 18.3 Å². The Balaban J connectivity index is 2.80. The van der Waals surface area contributed by atoms with Gasteiger partial charge >= 0.3 is 0 Å². The summed E-state index contributed by atoms with van der Waals surface area (Å²) < 4.78 is 13.0. The minimum atomic E-state index is -0.417. The fourth-order valence-corrected chi connectivity index (χ4v) is 1.42.